The molecule has 0 aliphatic carbocycles. The number of thioether (sulfide) groups is 1. The van der Waals surface area contributed by atoms with E-state index < -0.39 is 11.6 Å². The molecule has 1 aromatic carbocycles. The van der Waals surface area contributed by atoms with Gasteiger partial charge < -0.3 is 14.8 Å². The number of hydrogen-bond donors (Lipinski definition) is 2. The average Bonchev–Trinajstić information content (AvgIpc) is 3.36. The summed E-state index contributed by atoms with van der Waals surface area (Å²) in [7, 11) is 0. The number of aromatic amines is 1. The van der Waals surface area contributed by atoms with E-state index in [2.05, 4.69) is 35.9 Å². The van der Waals surface area contributed by atoms with Gasteiger partial charge in [0, 0.05) is 41.3 Å². The summed E-state index contributed by atoms with van der Waals surface area (Å²) in [6, 6.07) is 8.60. The molecule has 170 valence electrons. The Labute approximate surface area is 192 Å². The van der Waals surface area contributed by atoms with Gasteiger partial charge in [0.25, 0.3) is 0 Å². The van der Waals surface area contributed by atoms with Gasteiger partial charge in [0.05, 0.1) is 6.61 Å². The lowest BCUT2D eigenvalue weighted by Gasteiger charge is -2.13. The zero-order valence-electron chi connectivity index (χ0n) is 17.5. The number of hydrogen-bond acceptors (Lipinski definition) is 9. The van der Waals surface area contributed by atoms with E-state index in [9.17, 15) is 8.78 Å². The lowest BCUT2D eigenvalue weighted by Crippen LogP contribution is -2.01. The van der Waals surface area contributed by atoms with Gasteiger partial charge in [-0.3, -0.25) is 0 Å². The van der Waals surface area contributed by atoms with Crippen LogP contribution >= 0.6 is 11.8 Å². The van der Waals surface area contributed by atoms with Crippen LogP contribution in [0.3, 0.4) is 0 Å². The number of nitrogens with zero attached hydrogens (tertiary/aromatic N) is 5. The van der Waals surface area contributed by atoms with E-state index in [1.165, 1.54) is 17.8 Å². The van der Waals surface area contributed by atoms with Crippen molar-refractivity contribution in [2.24, 2.45) is 0 Å². The molecular weight excluding hydrogens is 452 g/mol. The van der Waals surface area contributed by atoms with E-state index in [0.717, 1.165) is 22.8 Å². The van der Waals surface area contributed by atoms with Crippen LogP contribution in [0.25, 0.3) is 11.4 Å². The van der Waals surface area contributed by atoms with Crippen LogP contribution in [0.5, 0.6) is 11.5 Å². The predicted octanol–water partition coefficient (Wildman–Crippen LogP) is 4.60. The van der Waals surface area contributed by atoms with Crippen LogP contribution in [0.2, 0.25) is 0 Å². The van der Waals surface area contributed by atoms with Crippen LogP contribution < -0.4 is 10.1 Å². The van der Waals surface area contributed by atoms with Gasteiger partial charge in [-0.2, -0.15) is 0 Å². The number of benzene rings is 1. The largest absolute Gasteiger partial charge is 0.453 e. The van der Waals surface area contributed by atoms with Gasteiger partial charge in [-0.25, -0.2) is 23.8 Å². The van der Waals surface area contributed by atoms with Crippen LogP contribution in [-0.2, 0) is 4.74 Å². The van der Waals surface area contributed by atoms with E-state index >= 15 is 0 Å². The Hall–Kier alpha value is -3.64. The first-order valence-corrected chi connectivity index (χ1v) is 10.9. The van der Waals surface area contributed by atoms with Crippen LogP contribution in [0.1, 0.15) is 6.92 Å². The molecule has 0 aliphatic rings. The normalized spacial score (nSPS) is 10.9. The maximum atomic E-state index is 13.7. The number of H-pyrrole nitrogens is 1. The Kier molecular flexibility index (Phi) is 7.37. The van der Waals surface area contributed by atoms with Crippen molar-refractivity contribution in [2.75, 3.05) is 24.3 Å². The Balaban J connectivity index is 1.56. The van der Waals surface area contributed by atoms with Crippen molar-refractivity contribution < 1.29 is 18.3 Å². The Morgan fingerprint density at radius 1 is 1.06 bits per heavy atom. The van der Waals surface area contributed by atoms with Gasteiger partial charge >= 0.3 is 0 Å². The molecule has 33 heavy (non-hydrogen) atoms. The van der Waals surface area contributed by atoms with E-state index in [4.69, 9.17) is 9.47 Å². The predicted molar refractivity (Wildman–Crippen MR) is 119 cm³/mol. The summed E-state index contributed by atoms with van der Waals surface area (Å²) in [4.78, 5) is 9.61. The highest BCUT2D eigenvalue weighted by atomic mass is 32.2. The number of ether oxygens (including phenoxy) is 2. The molecule has 4 rings (SSSR count). The van der Waals surface area contributed by atoms with Gasteiger partial charge in [-0.1, -0.05) is 0 Å². The van der Waals surface area contributed by atoms with Crippen molar-refractivity contribution in [1.82, 2.24) is 30.6 Å². The average molecular weight is 471 g/mol. The Morgan fingerprint density at radius 2 is 1.97 bits per heavy atom. The van der Waals surface area contributed by atoms with Gasteiger partial charge in [0.2, 0.25) is 0 Å². The van der Waals surface area contributed by atoms with Crippen molar-refractivity contribution in [3.63, 3.8) is 0 Å². The number of aromatic nitrogens is 6. The van der Waals surface area contributed by atoms with Crippen molar-refractivity contribution >= 4 is 23.4 Å². The molecule has 3 heterocycles. The minimum Gasteiger partial charge on any atom is -0.453 e. The summed E-state index contributed by atoms with van der Waals surface area (Å²) in [6.45, 7) is 3.17. The molecule has 0 atom stereocenters. The fraction of sp³-hybridized carbons (Fsp3) is 0.190. The number of tetrazole rings is 1. The molecule has 0 saturated carbocycles. The third kappa shape index (κ3) is 5.99. The maximum Gasteiger partial charge on any atom is 0.180 e. The smallest absolute Gasteiger partial charge is 0.180 e. The topological polar surface area (TPSA) is 111 Å². The van der Waals surface area contributed by atoms with Crippen molar-refractivity contribution in [2.45, 2.75) is 11.8 Å². The monoisotopic (exact) mass is 471 g/mol. The second kappa shape index (κ2) is 10.8. The van der Waals surface area contributed by atoms with E-state index in [0.29, 0.717) is 42.0 Å². The van der Waals surface area contributed by atoms with Crippen LogP contribution in [0, 0.1) is 11.6 Å². The first-order chi connectivity index (χ1) is 16.1. The number of halogens is 2. The summed E-state index contributed by atoms with van der Waals surface area (Å²) in [5.74, 6) is 0.571. The second-order valence-electron chi connectivity index (χ2n) is 6.55. The number of nitrogens with one attached hydrogen (secondary N) is 2. The zero-order valence-corrected chi connectivity index (χ0v) is 18.3. The van der Waals surface area contributed by atoms with Crippen LogP contribution in [-0.4, -0.2) is 49.6 Å². The summed E-state index contributed by atoms with van der Waals surface area (Å²) in [5.41, 5.74) is 0.706. The summed E-state index contributed by atoms with van der Waals surface area (Å²) >= 11 is 1.54. The fourth-order valence-corrected chi connectivity index (χ4v) is 3.47. The molecule has 0 radical (unpaired) electrons. The summed E-state index contributed by atoms with van der Waals surface area (Å²) in [6.07, 6.45) is 3.28. The lowest BCUT2D eigenvalue weighted by atomic mass is 10.2. The van der Waals surface area contributed by atoms with Crippen molar-refractivity contribution in [3.8, 4) is 22.9 Å². The third-order valence-electron chi connectivity index (χ3n) is 4.28. The first-order valence-electron chi connectivity index (χ1n) is 9.93. The van der Waals surface area contributed by atoms with Crippen molar-refractivity contribution in [1.29, 1.82) is 0 Å². The number of anilines is 2. The SMILES string of the molecule is CCOCCSc1cnc(Nc2ccc(-c3nnn[nH]3)cn2)c(Oc2ccc(F)c(F)c2)c1. The van der Waals surface area contributed by atoms with E-state index in [-0.39, 0.29) is 5.75 Å². The van der Waals surface area contributed by atoms with Crippen LogP contribution in [0.4, 0.5) is 20.4 Å². The van der Waals surface area contributed by atoms with Crippen LogP contribution in [0.15, 0.2) is 53.7 Å². The molecule has 9 nitrogen and oxygen atoms in total. The molecule has 0 bridgehead atoms. The molecule has 4 aromatic rings. The number of pyridine rings is 2. The molecule has 0 aliphatic heterocycles. The minimum absolute atomic E-state index is 0.136. The quantitative estimate of drug-likeness (QED) is 0.253. The van der Waals surface area contributed by atoms with E-state index in [1.807, 2.05) is 6.92 Å². The standard InChI is InChI=1S/C21H19F2N7O2S/c1-2-31-7-8-33-15-10-18(32-14-4-5-16(22)17(23)9-14)21(25-12-15)26-19-6-3-13(11-24-19)20-27-29-30-28-20/h3-6,9-12H,2,7-8H2,1H3,(H,24,25,26)(H,27,28,29,30). The van der Waals surface area contributed by atoms with Crippen molar-refractivity contribution in [3.05, 3.63) is 60.4 Å². The first kappa shape index (κ1) is 22.6. The highest BCUT2D eigenvalue weighted by Crippen LogP contribution is 2.34. The summed E-state index contributed by atoms with van der Waals surface area (Å²) < 4.78 is 38.2. The highest BCUT2D eigenvalue weighted by molar-refractivity contribution is 7.99. The molecule has 0 amide bonds. The molecule has 0 fully saturated rings. The Bertz CT molecular complexity index is 1190. The molecule has 2 N–H and O–H groups in total. The molecule has 0 spiro atoms. The minimum atomic E-state index is -1.00. The van der Waals surface area contributed by atoms with Gasteiger partial charge in [0.1, 0.15) is 11.6 Å². The second-order valence-corrected chi connectivity index (χ2v) is 7.72. The number of rotatable bonds is 10. The van der Waals surface area contributed by atoms with Gasteiger partial charge in [-0.15, -0.1) is 16.9 Å². The Morgan fingerprint density at radius 3 is 2.70 bits per heavy atom. The van der Waals surface area contributed by atoms with E-state index in [1.54, 1.807) is 30.6 Å². The van der Waals surface area contributed by atoms with Gasteiger partial charge in [-0.05, 0) is 47.7 Å². The molecule has 0 saturated heterocycles. The van der Waals surface area contributed by atoms with Gasteiger partial charge in [0.15, 0.2) is 29.0 Å². The molecule has 3 aromatic heterocycles. The molecule has 0 unspecified atom stereocenters. The fourth-order valence-electron chi connectivity index (χ4n) is 2.72. The molecular formula is C21H19F2N7O2S. The lowest BCUT2D eigenvalue weighted by molar-refractivity contribution is 0.164. The highest BCUT2D eigenvalue weighted by Gasteiger charge is 2.12. The molecule has 12 heteroatoms. The zero-order chi connectivity index (χ0) is 23.0. The third-order valence-corrected chi connectivity index (χ3v) is 5.20. The maximum absolute atomic E-state index is 13.7. The summed E-state index contributed by atoms with van der Waals surface area (Å²) in [5, 5.41) is 16.7.